The van der Waals surface area contributed by atoms with E-state index in [1.165, 1.54) is 30.1 Å². The van der Waals surface area contributed by atoms with Crippen LogP contribution in [-0.2, 0) is 6.54 Å². The first-order chi connectivity index (χ1) is 9.08. The Balaban J connectivity index is 2.49. The molecular formula is C13H12BrFN2O2. The maximum absolute atomic E-state index is 13.5. The maximum atomic E-state index is 13.5. The van der Waals surface area contributed by atoms with Crippen molar-refractivity contribution in [2.75, 3.05) is 7.11 Å². The topological polar surface area (TPSA) is 44.1 Å². The summed E-state index contributed by atoms with van der Waals surface area (Å²) in [7, 11) is 1.47. The Morgan fingerprint density at radius 3 is 2.84 bits per heavy atom. The highest BCUT2D eigenvalue weighted by Crippen LogP contribution is 2.23. The Morgan fingerprint density at radius 2 is 2.26 bits per heavy atom. The van der Waals surface area contributed by atoms with Gasteiger partial charge in [-0.25, -0.2) is 4.39 Å². The Hall–Kier alpha value is -1.69. The molecule has 1 heterocycles. The summed E-state index contributed by atoms with van der Waals surface area (Å²) >= 11 is 3.05. The van der Waals surface area contributed by atoms with Gasteiger partial charge in [0.25, 0.3) is 0 Å². The van der Waals surface area contributed by atoms with Crippen molar-refractivity contribution in [3.8, 4) is 5.75 Å². The van der Waals surface area contributed by atoms with Crippen molar-refractivity contribution in [3.63, 3.8) is 0 Å². The molecule has 2 rings (SSSR count). The molecule has 1 aromatic carbocycles. The van der Waals surface area contributed by atoms with Crippen LogP contribution < -0.4 is 4.74 Å². The lowest BCUT2D eigenvalue weighted by molar-refractivity contribution is 0.102. The molecule has 0 spiro atoms. The standard InChI is InChI=1S/C13H12BrFN2O2/c1-3-17-12(11(19-2)7-16-17)13(18)8-4-5-9(14)10(15)6-8/h4-7H,3H2,1-2H3. The fraction of sp³-hybridized carbons (Fsp3) is 0.231. The number of halogens is 2. The van der Waals surface area contributed by atoms with Crippen LogP contribution in [0.5, 0.6) is 5.75 Å². The highest BCUT2D eigenvalue weighted by atomic mass is 79.9. The van der Waals surface area contributed by atoms with E-state index in [4.69, 9.17) is 4.74 Å². The summed E-state index contributed by atoms with van der Waals surface area (Å²) < 4.78 is 20.5. The van der Waals surface area contributed by atoms with Gasteiger partial charge in [0.1, 0.15) is 5.82 Å². The van der Waals surface area contributed by atoms with Gasteiger partial charge >= 0.3 is 0 Å². The fourth-order valence-corrected chi connectivity index (χ4v) is 2.01. The molecule has 6 heteroatoms. The molecule has 0 aliphatic carbocycles. The molecule has 0 aliphatic rings. The highest BCUT2D eigenvalue weighted by Gasteiger charge is 2.21. The molecule has 0 bridgehead atoms. The number of carbonyl (C=O) groups is 1. The Bertz CT molecular complexity index is 604. The van der Waals surface area contributed by atoms with E-state index in [9.17, 15) is 9.18 Å². The predicted molar refractivity (Wildman–Crippen MR) is 72.0 cm³/mol. The molecule has 100 valence electrons. The van der Waals surface area contributed by atoms with Gasteiger partial charge in [0.05, 0.1) is 17.8 Å². The summed E-state index contributed by atoms with van der Waals surface area (Å²) in [6, 6.07) is 4.25. The van der Waals surface area contributed by atoms with Crippen molar-refractivity contribution < 1.29 is 13.9 Å². The van der Waals surface area contributed by atoms with E-state index in [2.05, 4.69) is 21.0 Å². The normalized spacial score (nSPS) is 10.5. The van der Waals surface area contributed by atoms with Crippen LogP contribution >= 0.6 is 15.9 Å². The number of aryl methyl sites for hydroxylation is 1. The van der Waals surface area contributed by atoms with Gasteiger partial charge in [0.2, 0.25) is 5.78 Å². The fourth-order valence-electron chi connectivity index (χ4n) is 1.76. The first-order valence-corrected chi connectivity index (χ1v) is 6.47. The summed E-state index contributed by atoms with van der Waals surface area (Å²) in [4.78, 5) is 12.4. The van der Waals surface area contributed by atoms with Crippen molar-refractivity contribution in [3.05, 3.63) is 45.9 Å². The van der Waals surface area contributed by atoms with Gasteiger partial charge in [0, 0.05) is 12.1 Å². The zero-order valence-electron chi connectivity index (χ0n) is 10.5. The van der Waals surface area contributed by atoms with Gasteiger partial charge in [0.15, 0.2) is 11.4 Å². The molecule has 0 saturated heterocycles. The Morgan fingerprint density at radius 1 is 1.53 bits per heavy atom. The largest absolute Gasteiger partial charge is 0.493 e. The smallest absolute Gasteiger partial charge is 0.214 e. The second-order valence-electron chi connectivity index (χ2n) is 3.84. The van der Waals surface area contributed by atoms with E-state index in [1.807, 2.05) is 6.92 Å². The lowest BCUT2D eigenvalue weighted by Gasteiger charge is -2.07. The van der Waals surface area contributed by atoms with E-state index in [-0.39, 0.29) is 11.3 Å². The van der Waals surface area contributed by atoms with Crippen molar-refractivity contribution in [2.24, 2.45) is 0 Å². The van der Waals surface area contributed by atoms with E-state index in [0.717, 1.165) is 0 Å². The number of carbonyl (C=O) groups excluding carboxylic acids is 1. The number of benzene rings is 1. The molecular weight excluding hydrogens is 315 g/mol. The van der Waals surface area contributed by atoms with Crippen LogP contribution in [0.3, 0.4) is 0 Å². The SMILES string of the molecule is CCn1ncc(OC)c1C(=O)c1ccc(Br)c(F)c1. The summed E-state index contributed by atoms with van der Waals surface area (Å²) in [5.41, 5.74) is 0.584. The van der Waals surface area contributed by atoms with Crippen LogP contribution in [0.2, 0.25) is 0 Å². The molecule has 0 radical (unpaired) electrons. The van der Waals surface area contributed by atoms with E-state index in [0.29, 0.717) is 22.5 Å². The maximum Gasteiger partial charge on any atom is 0.214 e. The number of ketones is 1. The van der Waals surface area contributed by atoms with E-state index in [1.54, 1.807) is 6.07 Å². The number of nitrogens with zero attached hydrogens (tertiary/aromatic N) is 2. The molecule has 0 atom stereocenters. The van der Waals surface area contributed by atoms with Gasteiger partial charge in [-0.2, -0.15) is 5.10 Å². The molecule has 0 aliphatic heterocycles. The zero-order chi connectivity index (χ0) is 14.0. The average molecular weight is 327 g/mol. The number of hydrogen-bond donors (Lipinski definition) is 0. The molecule has 0 fully saturated rings. The first-order valence-electron chi connectivity index (χ1n) is 5.68. The Labute approximate surface area is 118 Å². The lowest BCUT2D eigenvalue weighted by Crippen LogP contribution is -2.12. The van der Waals surface area contributed by atoms with Crippen LogP contribution in [0, 0.1) is 5.82 Å². The molecule has 4 nitrogen and oxygen atoms in total. The highest BCUT2D eigenvalue weighted by molar-refractivity contribution is 9.10. The average Bonchev–Trinajstić information content (AvgIpc) is 2.83. The van der Waals surface area contributed by atoms with Crippen molar-refractivity contribution in [1.82, 2.24) is 9.78 Å². The summed E-state index contributed by atoms with van der Waals surface area (Å²) in [6.45, 7) is 2.40. The quantitative estimate of drug-likeness (QED) is 0.811. The number of aromatic nitrogens is 2. The van der Waals surface area contributed by atoms with Crippen molar-refractivity contribution in [1.29, 1.82) is 0 Å². The molecule has 0 N–H and O–H groups in total. The molecule has 0 amide bonds. The second kappa shape index (κ2) is 5.52. The molecule has 1 aromatic heterocycles. The van der Waals surface area contributed by atoms with Gasteiger partial charge in [-0.1, -0.05) is 0 Å². The van der Waals surface area contributed by atoms with Crippen molar-refractivity contribution >= 4 is 21.7 Å². The Kier molecular flexibility index (Phi) is 3.99. The van der Waals surface area contributed by atoms with Crippen LogP contribution in [0.25, 0.3) is 0 Å². The van der Waals surface area contributed by atoms with E-state index >= 15 is 0 Å². The molecule has 19 heavy (non-hydrogen) atoms. The summed E-state index contributed by atoms with van der Waals surface area (Å²) in [5, 5.41) is 4.06. The van der Waals surface area contributed by atoms with E-state index < -0.39 is 5.82 Å². The van der Waals surface area contributed by atoms with Gasteiger partial charge in [-0.05, 0) is 41.1 Å². The lowest BCUT2D eigenvalue weighted by atomic mass is 10.1. The summed E-state index contributed by atoms with van der Waals surface area (Å²) in [5.74, 6) is -0.412. The summed E-state index contributed by atoms with van der Waals surface area (Å²) in [6.07, 6.45) is 1.48. The first kappa shape index (κ1) is 13.7. The van der Waals surface area contributed by atoms with Crippen LogP contribution in [-0.4, -0.2) is 22.7 Å². The molecule has 2 aromatic rings. The minimum atomic E-state index is -0.479. The monoisotopic (exact) mass is 326 g/mol. The zero-order valence-corrected chi connectivity index (χ0v) is 12.1. The predicted octanol–water partition coefficient (Wildman–Crippen LogP) is 3.04. The third-order valence-corrected chi connectivity index (χ3v) is 3.37. The number of hydrogen-bond acceptors (Lipinski definition) is 3. The van der Waals surface area contributed by atoms with Crippen LogP contribution in [0.1, 0.15) is 23.0 Å². The third-order valence-electron chi connectivity index (χ3n) is 2.72. The minimum Gasteiger partial charge on any atom is -0.493 e. The molecule has 0 unspecified atom stereocenters. The van der Waals surface area contributed by atoms with Crippen molar-refractivity contribution in [2.45, 2.75) is 13.5 Å². The van der Waals surface area contributed by atoms with Gasteiger partial charge in [-0.3, -0.25) is 9.48 Å². The number of rotatable bonds is 4. The minimum absolute atomic E-state index is 0.259. The van der Waals surface area contributed by atoms with Crippen LogP contribution in [0.4, 0.5) is 4.39 Å². The van der Waals surface area contributed by atoms with Gasteiger partial charge < -0.3 is 4.74 Å². The van der Waals surface area contributed by atoms with Crippen LogP contribution in [0.15, 0.2) is 28.9 Å². The molecule has 0 saturated carbocycles. The third kappa shape index (κ3) is 2.53. The number of methoxy groups -OCH3 is 1. The van der Waals surface area contributed by atoms with Gasteiger partial charge in [-0.15, -0.1) is 0 Å². The number of ether oxygens (including phenoxy) is 1. The second-order valence-corrected chi connectivity index (χ2v) is 4.69.